The average Bonchev–Trinajstić information content (AvgIpc) is 2.70. The van der Waals surface area contributed by atoms with Crippen LogP contribution in [0.3, 0.4) is 0 Å². The summed E-state index contributed by atoms with van der Waals surface area (Å²) in [6.07, 6.45) is 0. The van der Waals surface area contributed by atoms with Crippen LogP contribution in [0.1, 0.15) is 42.2 Å². The van der Waals surface area contributed by atoms with Crippen molar-refractivity contribution in [2.45, 2.75) is 45.8 Å². The van der Waals surface area contributed by atoms with Crippen molar-refractivity contribution in [3.05, 3.63) is 21.9 Å². The number of carbonyl (C=O) groups is 2. The van der Waals surface area contributed by atoms with Gasteiger partial charge in [0.25, 0.3) is 5.91 Å². The van der Waals surface area contributed by atoms with Crippen LogP contribution in [0.25, 0.3) is 0 Å². The van der Waals surface area contributed by atoms with Gasteiger partial charge in [0, 0.05) is 4.88 Å². The molecule has 0 bridgehead atoms. The van der Waals surface area contributed by atoms with Gasteiger partial charge in [0.05, 0.1) is 22.6 Å². The van der Waals surface area contributed by atoms with E-state index >= 15 is 0 Å². The lowest BCUT2D eigenvalue weighted by Gasteiger charge is -2.38. The Morgan fingerprint density at radius 3 is 2.30 bits per heavy atom. The number of carbonyl (C=O) groups excluding carboxylic acids is 2. The number of amides is 2. The minimum absolute atomic E-state index is 0.116. The molecule has 0 saturated carbocycles. The SMILES string of the molecule is Cc1ccc(C(=O)NCC(=O)NC(C)(C)C(C)(C)O)s1. The Bertz CT molecular complexity index is 501. The normalized spacial score (nSPS) is 12.1. The van der Waals surface area contributed by atoms with Crippen molar-refractivity contribution >= 4 is 23.2 Å². The van der Waals surface area contributed by atoms with Gasteiger partial charge in [-0.2, -0.15) is 0 Å². The first-order valence-electron chi connectivity index (χ1n) is 6.41. The topological polar surface area (TPSA) is 78.4 Å². The monoisotopic (exact) mass is 298 g/mol. The molecular formula is C14H22N2O3S. The summed E-state index contributed by atoms with van der Waals surface area (Å²) in [6.45, 7) is 8.51. The van der Waals surface area contributed by atoms with E-state index in [2.05, 4.69) is 10.6 Å². The first-order chi connectivity index (χ1) is 9.03. The van der Waals surface area contributed by atoms with Crippen LogP contribution >= 0.6 is 11.3 Å². The minimum Gasteiger partial charge on any atom is -0.388 e. The van der Waals surface area contributed by atoms with Crippen LogP contribution in [0.5, 0.6) is 0 Å². The van der Waals surface area contributed by atoms with E-state index in [1.54, 1.807) is 33.8 Å². The summed E-state index contributed by atoms with van der Waals surface area (Å²) in [7, 11) is 0. The Hall–Kier alpha value is -1.40. The summed E-state index contributed by atoms with van der Waals surface area (Å²) in [5, 5.41) is 15.2. The summed E-state index contributed by atoms with van der Waals surface area (Å²) in [6, 6.07) is 3.59. The van der Waals surface area contributed by atoms with E-state index in [1.807, 2.05) is 13.0 Å². The summed E-state index contributed by atoms with van der Waals surface area (Å²) in [4.78, 5) is 25.2. The highest BCUT2D eigenvalue weighted by Crippen LogP contribution is 2.20. The Morgan fingerprint density at radius 1 is 1.25 bits per heavy atom. The van der Waals surface area contributed by atoms with Gasteiger partial charge in [0.15, 0.2) is 0 Å². The smallest absolute Gasteiger partial charge is 0.261 e. The van der Waals surface area contributed by atoms with Crippen molar-refractivity contribution < 1.29 is 14.7 Å². The van der Waals surface area contributed by atoms with E-state index in [1.165, 1.54) is 11.3 Å². The van der Waals surface area contributed by atoms with Gasteiger partial charge in [-0.15, -0.1) is 11.3 Å². The van der Waals surface area contributed by atoms with Gasteiger partial charge < -0.3 is 15.7 Å². The van der Waals surface area contributed by atoms with E-state index in [9.17, 15) is 14.7 Å². The maximum absolute atomic E-state index is 11.8. The predicted molar refractivity (Wildman–Crippen MR) is 79.9 cm³/mol. The van der Waals surface area contributed by atoms with E-state index in [-0.39, 0.29) is 18.4 Å². The van der Waals surface area contributed by atoms with Gasteiger partial charge in [-0.25, -0.2) is 0 Å². The zero-order valence-electron chi connectivity index (χ0n) is 12.5. The van der Waals surface area contributed by atoms with Crippen LogP contribution in [0, 0.1) is 6.92 Å². The largest absolute Gasteiger partial charge is 0.388 e. The lowest BCUT2D eigenvalue weighted by atomic mass is 9.86. The molecule has 0 radical (unpaired) electrons. The standard InChI is InChI=1S/C14H22N2O3S/c1-9-6-7-10(20-9)12(18)15-8-11(17)16-13(2,3)14(4,5)19/h6-7,19H,8H2,1-5H3,(H,15,18)(H,16,17). The molecule has 0 aromatic carbocycles. The van der Waals surface area contributed by atoms with Crippen molar-refractivity contribution in [1.82, 2.24) is 10.6 Å². The highest BCUT2D eigenvalue weighted by molar-refractivity contribution is 7.13. The summed E-state index contributed by atoms with van der Waals surface area (Å²) < 4.78 is 0. The van der Waals surface area contributed by atoms with E-state index in [4.69, 9.17) is 0 Å². The van der Waals surface area contributed by atoms with E-state index in [0.717, 1.165) is 4.88 Å². The minimum atomic E-state index is -1.06. The molecule has 1 aromatic rings. The number of aliphatic hydroxyl groups is 1. The molecule has 0 saturated heterocycles. The van der Waals surface area contributed by atoms with E-state index in [0.29, 0.717) is 4.88 Å². The number of thiophene rings is 1. The molecule has 1 heterocycles. The third kappa shape index (κ3) is 4.31. The lowest BCUT2D eigenvalue weighted by molar-refractivity contribution is -0.125. The highest BCUT2D eigenvalue weighted by atomic mass is 32.1. The lowest BCUT2D eigenvalue weighted by Crippen LogP contribution is -2.59. The average molecular weight is 298 g/mol. The molecule has 2 amide bonds. The van der Waals surface area contributed by atoms with Crippen molar-refractivity contribution in [1.29, 1.82) is 0 Å². The molecule has 1 rings (SSSR count). The summed E-state index contributed by atoms with van der Waals surface area (Å²) in [5.41, 5.74) is -1.84. The molecule has 1 aromatic heterocycles. The zero-order chi connectivity index (χ0) is 15.6. The molecule has 0 unspecified atom stereocenters. The molecule has 3 N–H and O–H groups in total. The molecular weight excluding hydrogens is 276 g/mol. The van der Waals surface area contributed by atoms with Gasteiger partial charge >= 0.3 is 0 Å². The van der Waals surface area contributed by atoms with Crippen molar-refractivity contribution in [2.24, 2.45) is 0 Å². The summed E-state index contributed by atoms with van der Waals surface area (Å²) >= 11 is 1.38. The Balaban J connectivity index is 2.50. The van der Waals surface area contributed by atoms with Crippen molar-refractivity contribution in [3.63, 3.8) is 0 Å². The molecule has 6 heteroatoms. The molecule has 5 nitrogen and oxygen atoms in total. The van der Waals surface area contributed by atoms with Crippen molar-refractivity contribution in [3.8, 4) is 0 Å². The first-order valence-corrected chi connectivity index (χ1v) is 7.22. The Labute approximate surface area is 123 Å². The van der Waals surface area contributed by atoms with Gasteiger partial charge in [-0.05, 0) is 46.8 Å². The third-order valence-corrected chi connectivity index (χ3v) is 4.35. The Morgan fingerprint density at radius 2 is 1.85 bits per heavy atom. The van der Waals surface area contributed by atoms with Gasteiger partial charge in [0.1, 0.15) is 0 Å². The molecule has 0 spiro atoms. The van der Waals surface area contributed by atoms with Crippen LogP contribution in [0.2, 0.25) is 0 Å². The van der Waals surface area contributed by atoms with Crippen LogP contribution in [-0.2, 0) is 4.79 Å². The highest BCUT2D eigenvalue weighted by Gasteiger charge is 2.36. The van der Waals surface area contributed by atoms with Crippen LogP contribution in [-0.4, -0.2) is 34.6 Å². The van der Waals surface area contributed by atoms with Gasteiger partial charge in [-0.3, -0.25) is 9.59 Å². The fourth-order valence-electron chi connectivity index (χ4n) is 1.35. The van der Waals surface area contributed by atoms with Crippen molar-refractivity contribution in [2.75, 3.05) is 6.54 Å². The molecule has 0 aliphatic heterocycles. The number of nitrogens with one attached hydrogen (secondary N) is 2. The zero-order valence-corrected chi connectivity index (χ0v) is 13.4. The molecule has 0 fully saturated rings. The van der Waals surface area contributed by atoms with E-state index < -0.39 is 11.1 Å². The van der Waals surface area contributed by atoms with Gasteiger partial charge in [0.2, 0.25) is 5.91 Å². The van der Waals surface area contributed by atoms with Crippen LogP contribution < -0.4 is 10.6 Å². The molecule has 20 heavy (non-hydrogen) atoms. The first kappa shape index (κ1) is 16.7. The maximum Gasteiger partial charge on any atom is 0.261 e. The second-order valence-corrected chi connectivity index (χ2v) is 7.11. The fourth-order valence-corrected chi connectivity index (χ4v) is 2.13. The van der Waals surface area contributed by atoms with Crippen LogP contribution in [0.4, 0.5) is 0 Å². The molecule has 0 atom stereocenters. The second kappa shape index (κ2) is 5.93. The second-order valence-electron chi connectivity index (χ2n) is 5.83. The maximum atomic E-state index is 11.8. The summed E-state index contributed by atoms with van der Waals surface area (Å²) in [5.74, 6) is -0.599. The molecule has 0 aliphatic rings. The number of rotatable bonds is 5. The molecule has 0 aliphatic carbocycles. The molecule has 112 valence electrons. The third-order valence-electron chi connectivity index (χ3n) is 3.36. The number of aryl methyl sites for hydroxylation is 1. The fraction of sp³-hybridized carbons (Fsp3) is 0.571. The van der Waals surface area contributed by atoms with Gasteiger partial charge in [-0.1, -0.05) is 0 Å². The number of hydrogen-bond donors (Lipinski definition) is 3. The Kier molecular flexibility index (Phi) is 4.94. The van der Waals surface area contributed by atoms with Crippen LogP contribution in [0.15, 0.2) is 12.1 Å². The number of hydrogen-bond acceptors (Lipinski definition) is 4. The predicted octanol–water partition coefficient (Wildman–Crippen LogP) is 1.45. The quantitative estimate of drug-likeness (QED) is 0.770.